The van der Waals surface area contributed by atoms with Crippen molar-refractivity contribution in [1.29, 1.82) is 0 Å². The summed E-state index contributed by atoms with van der Waals surface area (Å²) < 4.78 is 5.83. The molecule has 1 amide bonds. The molecule has 104 valence electrons. The van der Waals surface area contributed by atoms with Gasteiger partial charge < -0.3 is 15.2 Å². The van der Waals surface area contributed by atoms with Crippen LogP contribution in [-0.2, 0) is 4.79 Å². The quantitative estimate of drug-likeness (QED) is 0.894. The van der Waals surface area contributed by atoms with Gasteiger partial charge in [0.05, 0.1) is 11.8 Å². The minimum atomic E-state index is -0.626. The summed E-state index contributed by atoms with van der Waals surface area (Å²) >= 11 is 0. The zero-order chi connectivity index (χ0) is 14.5. The molecule has 20 heavy (non-hydrogen) atoms. The highest BCUT2D eigenvalue weighted by molar-refractivity contribution is 5.90. The highest BCUT2D eigenvalue weighted by atomic mass is 16.5. The van der Waals surface area contributed by atoms with Crippen LogP contribution in [0.5, 0.6) is 11.5 Å². The number of hydrogen-bond acceptors (Lipinski definition) is 3. The van der Waals surface area contributed by atoms with Gasteiger partial charge in [0.15, 0.2) is 5.75 Å². The molecule has 0 fully saturated rings. The van der Waals surface area contributed by atoms with Crippen molar-refractivity contribution in [3.05, 3.63) is 54.1 Å². The van der Waals surface area contributed by atoms with Crippen molar-refractivity contribution in [2.45, 2.75) is 20.0 Å². The molecule has 0 bridgehead atoms. The molecule has 0 aliphatic heterocycles. The molecule has 2 N–H and O–H groups in total. The SMILES string of the molecule is CC(=O)Nc1ccccc1Oc1ccccc1C(C)O. The third-order valence-electron chi connectivity index (χ3n) is 2.79. The van der Waals surface area contributed by atoms with Crippen molar-refractivity contribution < 1.29 is 14.6 Å². The minimum absolute atomic E-state index is 0.162. The Hall–Kier alpha value is -2.33. The van der Waals surface area contributed by atoms with Gasteiger partial charge in [-0.1, -0.05) is 30.3 Å². The summed E-state index contributed by atoms with van der Waals surface area (Å²) in [6.07, 6.45) is -0.626. The Morgan fingerprint density at radius 3 is 2.35 bits per heavy atom. The minimum Gasteiger partial charge on any atom is -0.455 e. The number of anilines is 1. The van der Waals surface area contributed by atoms with Crippen LogP contribution in [-0.4, -0.2) is 11.0 Å². The van der Waals surface area contributed by atoms with Crippen LogP contribution >= 0.6 is 0 Å². The third kappa shape index (κ3) is 3.36. The molecule has 0 heterocycles. The van der Waals surface area contributed by atoms with Crippen molar-refractivity contribution in [1.82, 2.24) is 0 Å². The van der Waals surface area contributed by atoms with Crippen LogP contribution in [0.4, 0.5) is 5.69 Å². The molecule has 4 heteroatoms. The Bertz CT molecular complexity index is 608. The van der Waals surface area contributed by atoms with E-state index >= 15 is 0 Å². The van der Waals surface area contributed by atoms with E-state index in [0.29, 0.717) is 22.7 Å². The summed E-state index contributed by atoms with van der Waals surface area (Å²) in [5.41, 5.74) is 1.30. The van der Waals surface area contributed by atoms with E-state index in [2.05, 4.69) is 5.32 Å². The molecule has 2 rings (SSSR count). The van der Waals surface area contributed by atoms with Gasteiger partial charge in [0, 0.05) is 12.5 Å². The Labute approximate surface area is 118 Å². The number of carbonyl (C=O) groups excluding carboxylic acids is 1. The van der Waals surface area contributed by atoms with Crippen LogP contribution in [0.25, 0.3) is 0 Å². The fourth-order valence-electron chi connectivity index (χ4n) is 1.89. The number of amides is 1. The maximum atomic E-state index is 11.2. The lowest BCUT2D eigenvalue weighted by atomic mass is 10.1. The van der Waals surface area contributed by atoms with Crippen molar-refractivity contribution >= 4 is 11.6 Å². The van der Waals surface area contributed by atoms with Gasteiger partial charge in [0.1, 0.15) is 5.75 Å². The number of aliphatic hydroxyl groups is 1. The monoisotopic (exact) mass is 271 g/mol. The molecular weight excluding hydrogens is 254 g/mol. The van der Waals surface area contributed by atoms with E-state index in [1.807, 2.05) is 24.3 Å². The molecule has 0 aromatic heterocycles. The predicted octanol–water partition coefficient (Wildman–Crippen LogP) is 3.49. The highest BCUT2D eigenvalue weighted by Crippen LogP contribution is 2.33. The van der Waals surface area contributed by atoms with Crippen molar-refractivity contribution in [3.63, 3.8) is 0 Å². The lowest BCUT2D eigenvalue weighted by molar-refractivity contribution is -0.114. The number of rotatable bonds is 4. The molecule has 2 aromatic carbocycles. The molecule has 0 radical (unpaired) electrons. The second-order valence-corrected chi connectivity index (χ2v) is 4.49. The van der Waals surface area contributed by atoms with E-state index in [4.69, 9.17) is 4.74 Å². The van der Waals surface area contributed by atoms with Crippen molar-refractivity contribution in [3.8, 4) is 11.5 Å². The van der Waals surface area contributed by atoms with Gasteiger partial charge in [0.25, 0.3) is 0 Å². The molecule has 0 aliphatic rings. The Morgan fingerprint density at radius 1 is 1.10 bits per heavy atom. The summed E-state index contributed by atoms with van der Waals surface area (Å²) in [5.74, 6) is 0.945. The van der Waals surface area contributed by atoms with Crippen LogP contribution in [0.15, 0.2) is 48.5 Å². The topological polar surface area (TPSA) is 58.6 Å². The number of hydrogen-bond donors (Lipinski definition) is 2. The van der Waals surface area contributed by atoms with Gasteiger partial charge in [-0.15, -0.1) is 0 Å². The fourth-order valence-corrected chi connectivity index (χ4v) is 1.89. The number of nitrogens with one attached hydrogen (secondary N) is 1. The zero-order valence-electron chi connectivity index (χ0n) is 11.5. The maximum absolute atomic E-state index is 11.2. The van der Waals surface area contributed by atoms with Crippen LogP contribution in [0.2, 0.25) is 0 Å². The molecule has 1 unspecified atom stereocenters. The average Bonchev–Trinajstić information content (AvgIpc) is 2.41. The van der Waals surface area contributed by atoms with E-state index < -0.39 is 6.10 Å². The Balaban J connectivity index is 2.33. The van der Waals surface area contributed by atoms with Gasteiger partial charge in [-0.05, 0) is 25.1 Å². The third-order valence-corrected chi connectivity index (χ3v) is 2.79. The summed E-state index contributed by atoms with van der Waals surface area (Å²) in [7, 11) is 0. The second kappa shape index (κ2) is 6.21. The van der Waals surface area contributed by atoms with Gasteiger partial charge in [-0.3, -0.25) is 4.79 Å². The highest BCUT2D eigenvalue weighted by Gasteiger charge is 2.11. The Kier molecular flexibility index (Phi) is 4.38. The van der Waals surface area contributed by atoms with E-state index in [0.717, 1.165) is 0 Å². The molecule has 0 saturated heterocycles. The number of para-hydroxylation sites is 3. The van der Waals surface area contributed by atoms with Crippen LogP contribution in [0.3, 0.4) is 0 Å². The van der Waals surface area contributed by atoms with Crippen LogP contribution < -0.4 is 10.1 Å². The lowest BCUT2D eigenvalue weighted by Crippen LogP contribution is -2.07. The van der Waals surface area contributed by atoms with Gasteiger partial charge >= 0.3 is 0 Å². The Morgan fingerprint density at radius 2 is 1.70 bits per heavy atom. The van der Waals surface area contributed by atoms with Crippen LogP contribution in [0.1, 0.15) is 25.5 Å². The zero-order valence-corrected chi connectivity index (χ0v) is 11.5. The second-order valence-electron chi connectivity index (χ2n) is 4.49. The predicted molar refractivity (Wildman–Crippen MR) is 77.9 cm³/mol. The normalized spacial score (nSPS) is 11.8. The largest absolute Gasteiger partial charge is 0.455 e. The summed E-state index contributed by atoms with van der Waals surface area (Å²) in [6.45, 7) is 3.13. The first-order chi connectivity index (χ1) is 9.58. The average molecular weight is 271 g/mol. The molecule has 0 spiro atoms. The summed E-state index contributed by atoms with van der Waals surface area (Å²) in [4.78, 5) is 11.2. The molecule has 0 aliphatic carbocycles. The number of ether oxygens (including phenoxy) is 1. The van der Waals surface area contributed by atoms with Crippen LogP contribution in [0, 0.1) is 0 Å². The maximum Gasteiger partial charge on any atom is 0.221 e. The van der Waals surface area contributed by atoms with E-state index in [1.54, 1.807) is 31.2 Å². The standard InChI is InChI=1S/C16H17NO3/c1-11(18)13-7-3-5-9-15(13)20-16-10-6-4-8-14(16)17-12(2)19/h3-11,18H,1-2H3,(H,17,19). The molecule has 4 nitrogen and oxygen atoms in total. The first-order valence-corrected chi connectivity index (χ1v) is 6.39. The van der Waals surface area contributed by atoms with Gasteiger partial charge in [-0.2, -0.15) is 0 Å². The van der Waals surface area contributed by atoms with Crippen molar-refractivity contribution in [2.24, 2.45) is 0 Å². The molecular formula is C16H17NO3. The molecule has 1 atom stereocenters. The van der Waals surface area contributed by atoms with E-state index in [9.17, 15) is 9.90 Å². The number of benzene rings is 2. The number of carbonyl (C=O) groups is 1. The molecule has 2 aromatic rings. The smallest absolute Gasteiger partial charge is 0.221 e. The number of aliphatic hydroxyl groups excluding tert-OH is 1. The fraction of sp³-hybridized carbons (Fsp3) is 0.188. The van der Waals surface area contributed by atoms with Crippen molar-refractivity contribution in [2.75, 3.05) is 5.32 Å². The van der Waals surface area contributed by atoms with E-state index in [1.165, 1.54) is 6.92 Å². The first-order valence-electron chi connectivity index (χ1n) is 6.39. The molecule has 0 saturated carbocycles. The van der Waals surface area contributed by atoms with Gasteiger partial charge in [-0.25, -0.2) is 0 Å². The van der Waals surface area contributed by atoms with Gasteiger partial charge in [0.2, 0.25) is 5.91 Å². The first kappa shape index (κ1) is 14.1. The summed E-state index contributed by atoms with van der Waals surface area (Å²) in [5, 5.41) is 12.5. The van der Waals surface area contributed by atoms with E-state index in [-0.39, 0.29) is 5.91 Å². The summed E-state index contributed by atoms with van der Waals surface area (Å²) in [6, 6.07) is 14.4. The lowest BCUT2D eigenvalue weighted by Gasteiger charge is -2.15.